The van der Waals surface area contributed by atoms with Crippen LogP contribution in [0.1, 0.15) is 141 Å². The summed E-state index contributed by atoms with van der Waals surface area (Å²) in [7, 11) is 0. The number of hydrogen-bond acceptors (Lipinski definition) is 1. The lowest BCUT2D eigenvalue weighted by Gasteiger charge is -2.34. The minimum absolute atomic E-state index is 0.197. The van der Waals surface area contributed by atoms with Crippen molar-refractivity contribution in [3.05, 3.63) is 48.0 Å². The van der Waals surface area contributed by atoms with Crippen LogP contribution in [0.5, 0.6) is 0 Å². The molecule has 0 heterocycles. The van der Waals surface area contributed by atoms with Crippen LogP contribution in [0.3, 0.4) is 0 Å². The summed E-state index contributed by atoms with van der Waals surface area (Å²) in [5.41, 5.74) is 1.64. The molecule has 0 amide bonds. The minimum Gasteiger partial charge on any atom is -0.481 e. The predicted octanol–water partition coefficient (Wildman–Crippen LogP) is 10.3. The number of hydrogen-bond donors (Lipinski definition) is 1. The molecule has 1 saturated carbocycles. The van der Waals surface area contributed by atoms with Gasteiger partial charge in [-0.1, -0.05) is 127 Å². The summed E-state index contributed by atoms with van der Waals surface area (Å²) in [4.78, 5) is 11.8. The smallest absolute Gasteiger partial charge is 0.303 e. The number of rotatable bonds is 20. The molecule has 2 rings (SSSR count). The Kier molecular flexibility index (Phi) is 15.1. The highest BCUT2D eigenvalue weighted by molar-refractivity contribution is 5.67. The van der Waals surface area contributed by atoms with Crippen LogP contribution in [0, 0.1) is 11.8 Å². The Morgan fingerprint density at radius 1 is 0.857 bits per heavy atom. The Morgan fingerprint density at radius 3 is 2.20 bits per heavy atom. The van der Waals surface area contributed by atoms with E-state index in [9.17, 15) is 9.90 Å². The maximum absolute atomic E-state index is 11.8. The van der Waals surface area contributed by atoms with Crippen LogP contribution in [0.4, 0.5) is 0 Å². The molecule has 198 valence electrons. The zero-order valence-electron chi connectivity index (χ0n) is 23.0. The van der Waals surface area contributed by atoms with Gasteiger partial charge in [-0.25, -0.2) is 0 Å². The van der Waals surface area contributed by atoms with Crippen LogP contribution in [0.25, 0.3) is 0 Å². The molecule has 0 unspecified atom stereocenters. The van der Waals surface area contributed by atoms with Crippen LogP contribution in [-0.4, -0.2) is 11.1 Å². The van der Waals surface area contributed by atoms with Crippen molar-refractivity contribution in [1.29, 1.82) is 0 Å². The molecule has 0 saturated heterocycles. The van der Waals surface area contributed by atoms with Crippen molar-refractivity contribution in [3.8, 4) is 0 Å². The second kappa shape index (κ2) is 17.8. The Balaban J connectivity index is 1.91. The van der Waals surface area contributed by atoms with Gasteiger partial charge in [-0.15, -0.1) is 0 Å². The SMILES string of the molecule is CCCCCC/C=C\C[C@H](CCCCC)CCC[C@H](CC(=O)O)CC1(c2ccccc2)CCCC1. The zero-order chi connectivity index (χ0) is 25.2. The predicted molar refractivity (Wildman–Crippen MR) is 151 cm³/mol. The third kappa shape index (κ3) is 11.8. The van der Waals surface area contributed by atoms with Crippen LogP contribution in [-0.2, 0) is 10.2 Å². The van der Waals surface area contributed by atoms with Gasteiger partial charge in [0.25, 0.3) is 0 Å². The van der Waals surface area contributed by atoms with Crippen LogP contribution in [0.15, 0.2) is 42.5 Å². The molecule has 1 aliphatic carbocycles. The number of carboxylic acid groups (broad SMARTS) is 1. The van der Waals surface area contributed by atoms with Crippen molar-refractivity contribution in [3.63, 3.8) is 0 Å². The van der Waals surface area contributed by atoms with Gasteiger partial charge in [-0.3, -0.25) is 4.79 Å². The molecule has 2 atom stereocenters. The van der Waals surface area contributed by atoms with Crippen molar-refractivity contribution in [2.24, 2.45) is 11.8 Å². The van der Waals surface area contributed by atoms with Crippen molar-refractivity contribution in [2.75, 3.05) is 0 Å². The summed E-state index contributed by atoms with van der Waals surface area (Å²) >= 11 is 0. The monoisotopic (exact) mass is 482 g/mol. The highest BCUT2D eigenvalue weighted by Gasteiger charge is 2.37. The molecule has 0 spiro atoms. The van der Waals surface area contributed by atoms with Gasteiger partial charge in [-0.2, -0.15) is 0 Å². The van der Waals surface area contributed by atoms with E-state index in [2.05, 4.69) is 56.3 Å². The Labute approximate surface area is 217 Å². The van der Waals surface area contributed by atoms with Crippen molar-refractivity contribution < 1.29 is 9.90 Å². The van der Waals surface area contributed by atoms with E-state index in [0.717, 1.165) is 18.8 Å². The zero-order valence-corrected chi connectivity index (χ0v) is 23.0. The van der Waals surface area contributed by atoms with Crippen molar-refractivity contribution >= 4 is 5.97 Å². The number of aliphatic carboxylic acids is 1. The van der Waals surface area contributed by atoms with Crippen molar-refractivity contribution in [1.82, 2.24) is 0 Å². The lowest BCUT2D eigenvalue weighted by molar-refractivity contribution is -0.138. The first-order valence-corrected chi connectivity index (χ1v) is 15.0. The van der Waals surface area contributed by atoms with E-state index in [1.807, 2.05) is 0 Å². The molecule has 0 bridgehead atoms. The van der Waals surface area contributed by atoms with Crippen LogP contribution in [0.2, 0.25) is 0 Å². The molecule has 2 heteroatoms. The number of benzene rings is 1. The summed E-state index contributed by atoms with van der Waals surface area (Å²) in [6, 6.07) is 11.0. The second-order valence-corrected chi connectivity index (χ2v) is 11.4. The molecule has 2 nitrogen and oxygen atoms in total. The quantitative estimate of drug-likeness (QED) is 0.148. The fourth-order valence-corrected chi connectivity index (χ4v) is 6.38. The molecule has 0 aromatic heterocycles. The molecule has 1 aromatic rings. The summed E-state index contributed by atoms with van der Waals surface area (Å²) in [5.74, 6) is 0.423. The standard InChI is InChI=1S/C33H54O2/c1-3-5-7-8-9-10-13-20-29(19-12-6-4-2)21-18-22-30(27-32(34)35)28-33(25-16-17-26-33)31-23-14-11-15-24-31/h10-11,13-15,23-24,29-30H,3-9,12,16-22,25-28H2,1-2H3,(H,34,35)/b13-10-/t29-,30+/m0/s1. The first kappa shape index (κ1) is 29.7. The average Bonchev–Trinajstić information content (AvgIpc) is 3.33. The molecule has 35 heavy (non-hydrogen) atoms. The first-order valence-electron chi connectivity index (χ1n) is 15.0. The number of carboxylic acids is 1. The number of carbonyl (C=O) groups is 1. The van der Waals surface area contributed by atoms with E-state index < -0.39 is 5.97 Å². The van der Waals surface area contributed by atoms with E-state index in [0.29, 0.717) is 6.42 Å². The fourth-order valence-electron chi connectivity index (χ4n) is 6.38. The van der Waals surface area contributed by atoms with Gasteiger partial charge in [0.2, 0.25) is 0 Å². The van der Waals surface area contributed by atoms with Crippen molar-refractivity contribution in [2.45, 2.75) is 141 Å². The average molecular weight is 483 g/mol. The van der Waals surface area contributed by atoms with Gasteiger partial charge in [0.05, 0.1) is 0 Å². The number of allylic oxidation sites excluding steroid dienone is 2. The normalized spacial score (nSPS) is 17.1. The van der Waals surface area contributed by atoms with E-state index in [1.165, 1.54) is 108 Å². The van der Waals surface area contributed by atoms with Gasteiger partial charge >= 0.3 is 5.97 Å². The molecule has 0 aliphatic heterocycles. The van der Waals surface area contributed by atoms with Gasteiger partial charge in [0.1, 0.15) is 0 Å². The van der Waals surface area contributed by atoms with E-state index >= 15 is 0 Å². The van der Waals surface area contributed by atoms with Gasteiger partial charge in [-0.05, 0) is 67.8 Å². The van der Waals surface area contributed by atoms with E-state index in [4.69, 9.17) is 0 Å². The molecular weight excluding hydrogens is 428 g/mol. The molecule has 1 fully saturated rings. The lowest BCUT2D eigenvalue weighted by atomic mass is 9.71. The number of unbranched alkanes of at least 4 members (excludes halogenated alkanes) is 6. The second-order valence-electron chi connectivity index (χ2n) is 11.4. The fraction of sp³-hybridized carbons (Fsp3) is 0.727. The Bertz CT molecular complexity index is 686. The summed E-state index contributed by atoms with van der Waals surface area (Å²) < 4.78 is 0. The third-order valence-corrected chi connectivity index (χ3v) is 8.39. The highest BCUT2D eigenvalue weighted by atomic mass is 16.4. The maximum atomic E-state index is 11.8. The van der Waals surface area contributed by atoms with E-state index in [-0.39, 0.29) is 11.3 Å². The maximum Gasteiger partial charge on any atom is 0.303 e. The van der Waals surface area contributed by atoms with Gasteiger partial charge in [0.15, 0.2) is 0 Å². The third-order valence-electron chi connectivity index (χ3n) is 8.39. The topological polar surface area (TPSA) is 37.3 Å². The summed E-state index contributed by atoms with van der Waals surface area (Å²) in [6.07, 6.45) is 27.7. The molecule has 1 aromatic carbocycles. The van der Waals surface area contributed by atoms with Gasteiger partial charge < -0.3 is 5.11 Å². The largest absolute Gasteiger partial charge is 0.481 e. The molecular formula is C33H54O2. The van der Waals surface area contributed by atoms with Crippen LogP contribution < -0.4 is 0 Å². The summed E-state index contributed by atoms with van der Waals surface area (Å²) in [6.45, 7) is 4.56. The Morgan fingerprint density at radius 2 is 1.51 bits per heavy atom. The van der Waals surface area contributed by atoms with Gasteiger partial charge in [0, 0.05) is 6.42 Å². The first-order chi connectivity index (χ1) is 17.1. The minimum atomic E-state index is -0.623. The molecule has 0 radical (unpaired) electrons. The van der Waals surface area contributed by atoms with Crippen LogP contribution >= 0.6 is 0 Å². The Hall–Kier alpha value is -1.57. The molecule has 1 N–H and O–H groups in total. The highest BCUT2D eigenvalue weighted by Crippen LogP contribution is 2.47. The van der Waals surface area contributed by atoms with E-state index in [1.54, 1.807) is 0 Å². The lowest BCUT2D eigenvalue weighted by Crippen LogP contribution is -2.27. The summed E-state index contributed by atoms with van der Waals surface area (Å²) in [5, 5.41) is 9.68. The molecule has 1 aliphatic rings.